The van der Waals surface area contributed by atoms with Gasteiger partial charge in [-0.3, -0.25) is 4.79 Å². The zero-order chi connectivity index (χ0) is 12.6. The summed E-state index contributed by atoms with van der Waals surface area (Å²) < 4.78 is 11.2. The first-order valence-electron chi connectivity index (χ1n) is 5.99. The fourth-order valence-corrected chi connectivity index (χ4v) is 2.25. The van der Waals surface area contributed by atoms with Gasteiger partial charge in [-0.2, -0.15) is 0 Å². The Morgan fingerprint density at radius 1 is 1.17 bits per heavy atom. The molecule has 0 spiro atoms. The van der Waals surface area contributed by atoms with E-state index in [1.54, 1.807) is 6.92 Å². The van der Waals surface area contributed by atoms with Crippen LogP contribution in [0, 0.1) is 0 Å². The van der Waals surface area contributed by atoms with Gasteiger partial charge in [-0.25, -0.2) is 0 Å². The molecule has 1 aliphatic carbocycles. The first kappa shape index (κ1) is 11.3. The summed E-state index contributed by atoms with van der Waals surface area (Å²) in [5.41, 5.74) is -0.181. The van der Waals surface area contributed by atoms with Crippen molar-refractivity contribution in [2.45, 2.75) is 18.3 Å². The fourth-order valence-electron chi connectivity index (χ4n) is 2.25. The summed E-state index contributed by atoms with van der Waals surface area (Å²) in [4.78, 5) is 12.1. The van der Waals surface area contributed by atoms with Crippen LogP contribution in [-0.4, -0.2) is 13.1 Å². The summed E-state index contributed by atoms with van der Waals surface area (Å²) in [6.07, 6.45) is 7.80. The first-order valence-corrected chi connectivity index (χ1v) is 5.99. The Balaban J connectivity index is 1.88. The minimum atomic E-state index is -1.00. The summed E-state index contributed by atoms with van der Waals surface area (Å²) in [6.45, 7) is 1.76. The lowest BCUT2D eigenvalue weighted by Crippen LogP contribution is -2.30. The molecule has 18 heavy (non-hydrogen) atoms. The minimum Gasteiger partial charge on any atom is -0.507 e. The SMILES string of the molecule is CC1(c2ccccc2)OB(C2C=CC=C2)OC1=O. The second-order valence-corrected chi connectivity index (χ2v) is 4.64. The van der Waals surface area contributed by atoms with E-state index in [0.29, 0.717) is 0 Å². The molecule has 1 aromatic rings. The number of rotatable bonds is 2. The highest BCUT2D eigenvalue weighted by Crippen LogP contribution is 2.37. The van der Waals surface area contributed by atoms with E-state index in [4.69, 9.17) is 9.31 Å². The first-order chi connectivity index (χ1) is 8.70. The lowest BCUT2D eigenvalue weighted by atomic mass is 9.73. The fraction of sp³-hybridized carbons (Fsp3) is 0.214. The maximum atomic E-state index is 12.1. The Kier molecular flexibility index (Phi) is 2.60. The highest BCUT2D eigenvalue weighted by molar-refractivity contribution is 6.52. The van der Waals surface area contributed by atoms with Gasteiger partial charge in [0.2, 0.25) is 0 Å². The number of carbonyl (C=O) groups excluding carboxylic acids is 1. The maximum absolute atomic E-state index is 12.1. The van der Waals surface area contributed by atoms with E-state index < -0.39 is 12.7 Å². The van der Waals surface area contributed by atoms with Crippen LogP contribution in [0.25, 0.3) is 0 Å². The largest absolute Gasteiger partial charge is 0.539 e. The molecular formula is C14H13BO3. The molecule has 0 N–H and O–H groups in total. The smallest absolute Gasteiger partial charge is 0.507 e. The average Bonchev–Trinajstić information content (AvgIpc) is 3.00. The molecule has 2 aliphatic rings. The van der Waals surface area contributed by atoms with Gasteiger partial charge in [-0.15, -0.1) is 0 Å². The van der Waals surface area contributed by atoms with Crippen molar-refractivity contribution in [3.05, 3.63) is 60.2 Å². The van der Waals surface area contributed by atoms with Crippen LogP contribution in [0.3, 0.4) is 0 Å². The molecule has 1 fully saturated rings. The Labute approximate surface area is 106 Å². The molecule has 3 rings (SSSR count). The monoisotopic (exact) mass is 240 g/mol. The molecule has 0 aromatic heterocycles. The van der Waals surface area contributed by atoms with Crippen LogP contribution in [-0.2, 0) is 19.7 Å². The average molecular weight is 240 g/mol. The normalized spacial score (nSPS) is 26.9. The third-order valence-electron chi connectivity index (χ3n) is 3.38. The van der Waals surface area contributed by atoms with Gasteiger partial charge in [0.25, 0.3) is 0 Å². The summed E-state index contributed by atoms with van der Waals surface area (Å²) in [5, 5.41) is 0. The number of carbonyl (C=O) groups is 1. The molecule has 1 aromatic carbocycles. The number of hydrogen-bond donors (Lipinski definition) is 0. The van der Waals surface area contributed by atoms with Gasteiger partial charge in [0.15, 0.2) is 5.60 Å². The number of benzene rings is 1. The van der Waals surface area contributed by atoms with Gasteiger partial charge < -0.3 is 9.31 Å². The molecule has 3 nitrogen and oxygen atoms in total. The highest BCUT2D eigenvalue weighted by Gasteiger charge is 2.52. The lowest BCUT2D eigenvalue weighted by Gasteiger charge is -2.20. The van der Waals surface area contributed by atoms with Crippen LogP contribution in [0.15, 0.2) is 54.6 Å². The topological polar surface area (TPSA) is 35.5 Å². The van der Waals surface area contributed by atoms with Gasteiger partial charge in [0.05, 0.1) is 0 Å². The number of hydrogen-bond acceptors (Lipinski definition) is 3. The van der Waals surface area contributed by atoms with E-state index in [-0.39, 0.29) is 11.8 Å². The van der Waals surface area contributed by atoms with Gasteiger partial charge in [-0.05, 0) is 12.5 Å². The predicted molar refractivity (Wildman–Crippen MR) is 68.8 cm³/mol. The van der Waals surface area contributed by atoms with Crippen LogP contribution in [0.5, 0.6) is 0 Å². The predicted octanol–water partition coefficient (Wildman–Crippen LogP) is 2.46. The third-order valence-corrected chi connectivity index (χ3v) is 3.38. The van der Waals surface area contributed by atoms with E-state index in [0.717, 1.165) is 5.56 Å². The van der Waals surface area contributed by atoms with Crippen LogP contribution >= 0.6 is 0 Å². The van der Waals surface area contributed by atoms with E-state index >= 15 is 0 Å². The lowest BCUT2D eigenvalue weighted by molar-refractivity contribution is -0.142. The standard InChI is InChI=1S/C14H13BO3/c1-14(11-7-3-2-4-8-11)13(16)17-15(18-14)12-9-5-6-10-12/h2-10,12H,1H3. The van der Waals surface area contributed by atoms with Crippen LogP contribution in [0.4, 0.5) is 0 Å². The zero-order valence-corrected chi connectivity index (χ0v) is 10.1. The Bertz CT molecular complexity index is 511. The molecule has 1 saturated heterocycles. The van der Waals surface area contributed by atoms with Crippen molar-refractivity contribution in [3.63, 3.8) is 0 Å². The van der Waals surface area contributed by atoms with E-state index in [1.807, 2.05) is 54.6 Å². The van der Waals surface area contributed by atoms with Crippen molar-refractivity contribution in [3.8, 4) is 0 Å². The maximum Gasteiger partial charge on any atom is 0.539 e. The van der Waals surface area contributed by atoms with Crippen molar-refractivity contribution in [1.82, 2.24) is 0 Å². The molecule has 1 aliphatic heterocycles. The van der Waals surface area contributed by atoms with Gasteiger partial charge in [0, 0.05) is 5.82 Å². The van der Waals surface area contributed by atoms with E-state index in [2.05, 4.69) is 0 Å². The van der Waals surface area contributed by atoms with Gasteiger partial charge >= 0.3 is 13.1 Å². The number of allylic oxidation sites excluding steroid dienone is 4. The summed E-state index contributed by atoms with van der Waals surface area (Å²) in [6, 6.07) is 9.45. The summed E-state index contributed by atoms with van der Waals surface area (Å²) in [7, 11) is -0.530. The zero-order valence-electron chi connectivity index (χ0n) is 10.1. The molecule has 4 heteroatoms. The van der Waals surface area contributed by atoms with Crippen LogP contribution in [0.2, 0.25) is 5.82 Å². The third kappa shape index (κ3) is 1.69. The molecule has 90 valence electrons. The Morgan fingerprint density at radius 2 is 1.83 bits per heavy atom. The molecule has 1 heterocycles. The summed E-state index contributed by atoms with van der Waals surface area (Å²) >= 11 is 0. The molecule has 0 bridgehead atoms. The van der Waals surface area contributed by atoms with Crippen molar-refractivity contribution in [1.29, 1.82) is 0 Å². The van der Waals surface area contributed by atoms with Crippen molar-refractivity contribution >= 4 is 13.1 Å². The summed E-state index contributed by atoms with van der Waals surface area (Å²) in [5.74, 6) is -0.313. The minimum absolute atomic E-state index is 0.0134. The second kappa shape index (κ2) is 4.14. The highest BCUT2D eigenvalue weighted by atomic mass is 16.7. The second-order valence-electron chi connectivity index (χ2n) is 4.64. The molecule has 0 radical (unpaired) electrons. The Morgan fingerprint density at radius 3 is 2.50 bits per heavy atom. The van der Waals surface area contributed by atoms with Gasteiger partial charge in [0.1, 0.15) is 0 Å². The molecule has 0 amide bonds. The van der Waals surface area contributed by atoms with E-state index in [1.165, 1.54) is 0 Å². The Hall–Kier alpha value is -1.81. The quantitative estimate of drug-likeness (QED) is 0.745. The van der Waals surface area contributed by atoms with Crippen molar-refractivity contribution in [2.75, 3.05) is 0 Å². The molecule has 1 atom stereocenters. The van der Waals surface area contributed by atoms with Crippen molar-refractivity contribution in [2.24, 2.45) is 0 Å². The molecule has 1 unspecified atom stereocenters. The van der Waals surface area contributed by atoms with Crippen molar-refractivity contribution < 1.29 is 14.1 Å². The van der Waals surface area contributed by atoms with Gasteiger partial charge in [-0.1, -0.05) is 54.6 Å². The molecule has 0 saturated carbocycles. The van der Waals surface area contributed by atoms with Crippen LogP contribution in [0.1, 0.15) is 12.5 Å². The van der Waals surface area contributed by atoms with Crippen LogP contribution < -0.4 is 0 Å². The van der Waals surface area contributed by atoms with E-state index in [9.17, 15) is 4.79 Å². The molecular weight excluding hydrogens is 227 g/mol.